The Morgan fingerprint density at radius 1 is 1.50 bits per heavy atom. The predicted octanol–water partition coefficient (Wildman–Crippen LogP) is 0.873. The van der Waals surface area contributed by atoms with Gasteiger partial charge in [0.25, 0.3) is 0 Å². The lowest BCUT2D eigenvalue weighted by Crippen LogP contribution is -2.13. The largest absolute Gasteiger partial charge is 0.508 e. The van der Waals surface area contributed by atoms with E-state index in [1.165, 1.54) is 0 Å². The normalized spacial score (nSPS) is 21.9. The van der Waals surface area contributed by atoms with Gasteiger partial charge in [0, 0.05) is 11.5 Å². The summed E-state index contributed by atoms with van der Waals surface area (Å²) in [5.41, 5.74) is 0.595. The molecule has 0 radical (unpaired) electrons. The van der Waals surface area contributed by atoms with Gasteiger partial charge < -0.3 is 10.4 Å². The quantitative estimate of drug-likeness (QED) is 0.824. The lowest BCUT2D eigenvalue weighted by molar-refractivity contribution is 0.459. The van der Waals surface area contributed by atoms with E-state index in [0.29, 0.717) is 10.5 Å². The van der Waals surface area contributed by atoms with Crippen LogP contribution in [0.5, 0.6) is 5.75 Å². The number of rotatable bonds is 3. The molecule has 0 aromatic heterocycles. The van der Waals surface area contributed by atoms with Crippen molar-refractivity contribution in [3.63, 3.8) is 0 Å². The van der Waals surface area contributed by atoms with Gasteiger partial charge in [-0.2, -0.15) is 0 Å². The van der Waals surface area contributed by atoms with Gasteiger partial charge in [-0.15, -0.1) is 0 Å². The van der Waals surface area contributed by atoms with Gasteiger partial charge in [0.1, 0.15) is 5.75 Å². The third-order valence-electron chi connectivity index (χ3n) is 2.95. The summed E-state index contributed by atoms with van der Waals surface area (Å²) in [4.78, 5) is 0.300. The van der Waals surface area contributed by atoms with Gasteiger partial charge >= 0.3 is 0 Å². The molecule has 88 valence electrons. The summed E-state index contributed by atoms with van der Waals surface area (Å²) in [6.07, 6.45) is 0.723. The number of sulfone groups is 1. The van der Waals surface area contributed by atoms with Crippen molar-refractivity contribution >= 4 is 9.84 Å². The Kier molecular flexibility index (Phi) is 2.90. The molecular weight excluding hydrogens is 226 g/mol. The molecule has 1 unspecified atom stereocenters. The summed E-state index contributed by atoms with van der Waals surface area (Å²) >= 11 is 0. The van der Waals surface area contributed by atoms with E-state index in [9.17, 15) is 13.5 Å². The van der Waals surface area contributed by atoms with Crippen LogP contribution in [0.3, 0.4) is 0 Å². The second-order valence-electron chi connectivity index (χ2n) is 4.06. The first-order valence-electron chi connectivity index (χ1n) is 5.25. The molecule has 1 aliphatic rings. The summed E-state index contributed by atoms with van der Waals surface area (Å²) in [5, 5.41) is 12.7. The average Bonchev–Trinajstić information content (AvgIpc) is 2.49. The van der Waals surface area contributed by atoms with E-state index in [2.05, 4.69) is 5.32 Å². The number of phenols is 1. The number of fused-ring (bicyclic) bond motifs is 1. The molecule has 0 bridgehead atoms. The maximum absolute atomic E-state index is 11.8. The van der Waals surface area contributed by atoms with Crippen LogP contribution in [-0.2, 0) is 9.84 Å². The molecule has 1 aliphatic heterocycles. The van der Waals surface area contributed by atoms with Crippen molar-refractivity contribution in [1.82, 2.24) is 5.32 Å². The summed E-state index contributed by atoms with van der Waals surface area (Å²) < 4.78 is 23.7. The van der Waals surface area contributed by atoms with Crippen LogP contribution in [0.4, 0.5) is 0 Å². The maximum atomic E-state index is 11.8. The fourth-order valence-corrected chi connectivity index (χ4v) is 4.13. The highest BCUT2D eigenvalue weighted by atomic mass is 32.2. The topological polar surface area (TPSA) is 66.4 Å². The van der Waals surface area contributed by atoms with Crippen molar-refractivity contribution in [2.45, 2.75) is 17.2 Å². The third kappa shape index (κ3) is 1.81. The molecule has 0 saturated carbocycles. The summed E-state index contributed by atoms with van der Waals surface area (Å²) in [6, 6.07) is 4.70. The second kappa shape index (κ2) is 4.07. The lowest BCUT2D eigenvalue weighted by atomic mass is 9.97. The fourth-order valence-electron chi connectivity index (χ4n) is 2.20. The zero-order valence-electron chi connectivity index (χ0n) is 9.10. The number of phenolic OH excluding ortho intramolecular Hbond substituents is 1. The van der Waals surface area contributed by atoms with E-state index in [-0.39, 0.29) is 17.4 Å². The van der Waals surface area contributed by atoms with Crippen molar-refractivity contribution in [1.29, 1.82) is 0 Å². The first-order chi connectivity index (χ1) is 7.56. The summed E-state index contributed by atoms with van der Waals surface area (Å²) in [7, 11) is -1.37. The van der Waals surface area contributed by atoms with E-state index in [0.717, 1.165) is 13.0 Å². The Hall–Kier alpha value is -1.07. The van der Waals surface area contributed by atoms with E-state index >= 15 is 0 Å². The van der Waals surface area contributed by atoms with Crippen molar-refractivity contribution in [2.24, 2.45) is 0 Å². The Morgan fingerprint density at radius 2 is 2.25 bits per heavy atom. The van der Waals surface area contributed by atoms with Crippen molar-refractivity contribution in [2.75, 3.05) is 19.3 Å². The molecule has 0 spiro atoms. The van der Waals surface area contributed by atoms with Crippen molar-refractivity contribution in [3.8, 4) is 5.75 Å². The van der Waals surface area contributed by atoms with Gasteiger partial charge in [-0.25, -0.2) is 8.42 Å². The van der Waals surface area contributed by atoms with Crippen LogP contribution in [0.25, 0.3) is 0 Å². The summed E-state index contributed by atoms with van der Waals surface area (Å²) in [6.45, 7) is 0.744. The minimum Gasteiger partial charge on any atom is -0.508 e. The average molecular weight is 241 g/mol. The van der Waals surface area contributed by atoms with E-state index < -0.39 is 9.84 Å². The van der Waals surface area contributed by atoms with Crippen LogP contribution in [0.2, 0.25) is 0 Å². The van der Waals surface area contributed by atoms with Crippen LogP contribution < -0.4 is 5.32 Å². The molecule has 0 amide bonds. The molecule has 1 atom stereocenters. The molecule has 16 heavy (non-hydrogen) atoms. The zero-order valence-corrected chi connectivity index (χ0v) is 9.92. The molecular formula is C11H15NO3S. The van der Waals surface area contributed by atoms with Crippen molar-refractivity contribution in [3.05, 3.63) is 23.8 Å². The van der Waals surface area contributed by atoms with E-state index in [1.54, 1.807) is 18.2 Å². The number of aromatic hydroxyl groups is 1. The number of benzene rings is 1. The zero-order chi connectivity index (χ0) is 11.8. The van der Waals surface area contributed by atoms with E-state index in [1.807, 2.05) is 7.05 Å². The minimum absolute atomic E-state index is 0.0892. The molecule has 5 heteroatoms. The lowest BCUT2D eigenvalue weighted by Gasteiger charge is -2.10. The van der Waals surface area contributed by atoms with Gasteiger partial charge in [-0.05, 0) is 32.1 Å². The Balaban J connectivity index is 2.44. The second-order valence-corrected chi connectivity index (χ2v) is 6.06. The number of nitrogens with one attached hydrogen (secondary N) is 1. The summed E-state index contributed by atoms with van der Waals surface area (Å²) in [5.74, 6) is 0.120. The van der Waals surface area contributed by atoms with Crippen LogP contribution in [-0.4, -0.2) is 32.9 Å². The molecule has 2 rings (SSSR count). The first-order valence-corrected chi connectivity index (χ1v) is 6.90. The van der Waals surface area contributed by atoms with Gasteiger partial charge in [0.2, 0.25) is 0 Å². The number of hydrogen-bond donors (Lipinski definition) is 2. The highest BCUT2D eigenvalue weighted by Gasteiger charge is 2.36. The Morgan fingerprint density at radius 3 is 2.94 bits per heavy atom. The van der Waals surface area contributed by atoms with Crippen LogP contribution in [0, 0.1) is 0 Å². The first kappa shape index (κ1) is 11.4. The molecule has 0 aliphatic carbocycles. The van der Waals surface area contributed by atoms with Crippen LogP contribution in [0.1, 0.15) is 17.9 Å². The van der Waals surface area contributed by atoms with Crippen LogP contribution in [0.15, 0.2) is 23.1 Å². The Bertz CT molecular complexity index is 496. The van der Waals surface area contributed by atoms with E-state index in [4.69, 9.17) is 0 Å². The molecule has 1 aromatic carbocycles. The highest BCUT2D eigenvalue weighted by molar-refractivity contribution is 7.91. The molecule has 0 saturated heterocycles. The van der Waals surface area contributed by atoms with Gasteiger partial charge in [0.05, 0.1) is 10.6 Å². The smallest absolute Gasteiger partial charge is 0.179 e. The van der Waals surface area contributed by atoms with Crippen molar-refractivity contribution < 1.29 is 13.5 Å². The third-order valence-corrected chi connectivity index (χ3v) is 4.82. The SMILES string of the molecule is CNCCC1CS(=O)(=O)c2cccc(O)c21. The maximum Gasteiger partial charge on any atom is 0.179 e. The molecule has 4 nitrogen and oxygen atoms in total. The highest BCUT2D eigenvalue weighted by Crippen LogP contribution is 2.41. The predicted molar refractivity (Wildman–Crippen MR) is 61.4 cm³/mol. The van der Waals surface area contributed by atoms with Gasteiger partial charge in [-0.1, -0.05) is 6.07 Å². The monoisotopic (exact) mass is 241 g/mol. The van der Waals surface area contributed by atoms with Gasteiger partial charge in [0.15, 0.2) is 9.84 Å². The fraction of sp³-hybridized carbons (Fsp3) is 0.455. The molecule has 0 fully saturated rings. The van der Waals surface area contributed by atoms with Gasteiger partial charge in [-0.3, -0.25) is 0 Å². The minimum atomic E-state index is -3.20. The standard InChI is InChI=1S/C11H15NO3S/c1-12-6-5-8-7-16(14,15)10-4-2-3-9(13)11(8)10/h2-4,8,12-13H,5-7H2,1H3. The Labute approximate surface area is 95.2 Å². The van der Waals surface area contributed by atoms with Crippen LogP contribution >= 0.6 is 0 Å². The molecule has 1 aromatic rings. The number of hydrogen-bond acceptors (Lipinski definition) is 4. The molecule has 2 N–H and O–H groups in total. The molecule has 1 heterocycles.